The van der Waals surface area contributed by atoms with E-state index in [1.54, 1.807) is 34.7 Å². The van der Waals surface area contributed by atoms with Gasteiger partial charge in [0.05, 0.1) is 25.1 Å². The van der Waals surface area contributed by atoms with Gasteiger partial charge in [-0.1, -0.05) is 26.8 Å². The summed E-state index contributed by atoms with van der Waals surface area (Å²) in [5, 5.41) is 5.75. The number of carbonyl (C=O) groups is 3. The number of imidazole rings is 1. The summed E-state index contributed by atoms with van der Waals surface area (Å²) in [6.07, 6.45) is 4.67. The largest absolute Gasteiger partial charge is 0.354 e. The highest BCUT2D eigenvalue weighted by molar-refractivity contribution is 6.07. The average molecular weight is 441 g/mol. The second-order valence-corrected chi connectivity index (χ2v) is 8.74. The third kappa shape index (κ3) is 4.81. The number of rotatable bonds is 9. The van der Waals surface area contributed by atoms with E-state index in [2.05, 4.69) is 34.4 Å². The molecule has 9 heteroatoms. The van der Waals surface area contributed by atoms with Gasteiger partial charge >= 0.3 is 0 Å². The van der Waals surface area contributed by atoms with E-state index in [4.69, 9.17) is 0 Å². The molecule has 0 saturated heterocycles. The number of fused-ring (bicyclic) bond motifs is 1. The summed E-state index contributed by atoms with van der Waals surface area (Å²) >= 11 is 0. The molecule has 32 heavy (non-hydrogen) atoms. The minimum atomic E-state index is -1.06. The lowest BCUT2D eigenvalue weighted by molar-refractivity contribution is -0.132. The van der Waals surface area contributed by atoms with Crippen molar-refractivity contribution in [2.24, 2.45) is 5.92 Å². The summed E-state index contributed by atoms with van der Waals surface area (Å²) in [6, 6.07) is 5.45. The normalized spacial score (nSPS) is 17.9. The van der Waals surface area contributed by atoms with Gasteiger partial charge < -0.3 is 20.1 Å². The molecule has 9 nitrogen and oxygen atoms in total. The molecule has 2 N–H and O–H groups in total. The van der Waals surface area contributed by atoms with Crippen LogP contribution in [0.25, 0.3) is 0 Å². The molecule has 3 heterocycles. The zero-order chi connectivity index (χ0) is 23.3. The maximum absolute atomic E-state index is 13.5. The zero-order valence-electron chi connectivity index (χ0n) is 19.2. The lowest BCUT2D eigenvalue weighted by Crippen LogP contribution is -2.64. The number of hydrogen-bond donors (Lipinski definition) is 2. The molecule has 1 aliphatic heterocycles. The van der Waals surface area contributed by atoms with Gasteiger partial charge in [0, 0.05) is 19.3 Å². The molecule has 172 valence electrons. The Balaban J connectivity index is 1.82. The number of pyridine rings is 1. The van der Waals surface area contributed by atoms with E-state index in [0.717, 1.165) is 6.42 Å². The van der Waals surface area contributed by atoms with Crippen LogP contribution in [-0.4, -0.2) is 55.8 Å². The van der Waals surface area contributed by atoms with Crippen LogP contribution in [0.3, 0.4) is 0 Å². The van der Waals surface area contributed by atoms with Gasteiger partial charge in [0.1, 0.15) is 11.2 Å². The van der Waals surface area contributed by atoms with Gasteiger partial charge in [-0.2, -0.15) is 0 Å². The molecule has 3 amide bonds. The van der Waals surface area contributed by atoms with Crippen molar-refractivity contribution >= 4 is 17.7 Å². The molecule has 0 bridgehead atoms. The molecular weight excluding hydrogens is 408 g/mol. The van der Waals surface area contributed by atoms with Crippen molar-refractivity contribution in [2.45, 2.75) is 59.2 Å². The van der Waals surface area contributed by atoms with Gasteiger partial charge in [-0.15, -0.1) is 0 Å². The predicted molar refractivity (Wildman–Crippen MR) is 120 cm³/mol. The van der Waals surface area contributed by atoms with E-state index < -0.39 is 11.4 Å². The summed E-state index contributed by atoms with van der Waals surface area (Å²) in [6.45, 7) is 9.35. The van der Waals surface area contributed by atoms with Crippen molar-refractivity contribution in [1.82, 2.24) is 30.1 Å². The molecule has 1 aliphatic rings. The van der Waals surface area contributed by atoms with Gasteiger partial charge in [-0.3, -0.25) is 19.4 Å². The molecule has 0 fully saturated rings. The van der Waals surface area contributed by atoms with Crippen LogP contribution in [-0.2, 0) is 17.9 Å². The van der Waals surface area contributed by atoms with E-state index in [1.807, 2.05) is 13.0 Å². The summed E-state index contributed by atoms with van der Waals surface area (Å²) in [4.78, 5) is 49.4. The molecule has 2 aromatic rings. The van der Waals surface area contributed by atoms with Crippen molar-refractivity contribution in [3.8, 4) is 0 Å². The van der Waals surface area contributed by atoms with Crippen molar-refractivity contribution in [1.29, 1.82) is 0 Å². The topological polar surface area (TPSA) is 109 Å². The van der Waals surface area contributed by atoms with Crippen molar-refractivity contribution in [3.05, 3.63) is 47.8 Å². The lowest BCUT2D eigenvalue weighted by Gasteiger charge is -2.43. The monoisotopic (exact) mass is 440 g/mol. The number of carbonyl (C=O) groups excluding carboxylic acids is 3. The van der Waals surface area contributed by atoms with E-state index >= 15 is 0 Å². The van der Waals surface area contributed by atoms with E-state index in [9.17, 15) is 14.4 Å². The van der Waals surface area contributed by atoms with E-state index in [-0.39, 0.29) is 36.3 Å². The number of amides is 3. The van der Waals surface area contributed by atoms with Crippen molar-refractivity contribution < 1.29 is 14.4 Å². The van der Waals surface area contributed by atoms with Crippen LogP contribution in [0, 0.1) is 5.92 Å². The van der Waals surface area contributed by atoms with Gasteiger partial charge in [-0.05, 0) is 37.8 Å². The summed E-state index contributed by atoms with van der Waals surface area (Å²) in [5.41, 5.74) is -0.0725. The molecule has 0 aliphatic carbocycles. The first-order valence-electron chi connectivity index (χ1n) is 11.1. The van der Waals surface area contributed by atoms with Crippen LogP contribution < -0.4 is 10.6 Å². The number of hydrogen-bond acceptors (Lipinski definition) is 5. The van der Waals surface area contributed by atoms with Crippen molar-refractivity contribution in [3.63, 3.8) is 0 Å². The maximum Gasteiger partial charge on any atom is 0.273 e. The molecule has 3 rings (SSSR count). The fourth-order valence-electron chi connectivity index (χ4n) is 3.85. The van der Waals surface area contributed by atoms with E-state index in [1.165, 1.54) is 6.33 Å². The standard InChI is InChI=1S/C23H32N6O3/c1-5-12-29-21(31)19-18(20(30)26-13-17-8-6-7-10-24-17)27-15-28(19)14-23(29,4)22(32)25-11-9-16(2)3/h6-8,10,15-16H,5,9,11-14H2,1-4H3,(H,25,32)(H,26,30)/t23-/m0/s1. The molecule has 0 spiro atoms. The molecule has 0 radical (unpaired) electrons. The van der Waals surface area contributed by atoms with Gasteiger partial charge in [0.2, 0.25) is 5.91 Å². The Morgan fingerprint density at radius 2 is 2.00 bits per heavy atom. The number of aromatic nitrogens is 3. The average Bonchev–Trinajstić information content (AvgIpc) is 3.19. The van der Waals surface area contributed by atoms with Crippen molar-refractivity contribution in [2.75, 3.05) is 13.1 Å². The van der Waals surface area contributed by atoms with Crippen LogP contribution in [0.2, 0.25) is 0 Å². The first-order chi connectivity index (χ1) is 15.3. The first kappa shape index (κ1) is 23.4. The minimum Gasteiger partial charge on any atom is -0.354 e. The van der Waals surface area contributed by atoms with Crippen LogP contribution in [0.5, 0.6) is 0 Å². The van der Waals surface area contributed by atoms with Gasteiger partial charge in [-0.25, -0.2) is 4.98 Å². The summed E-state index contributed by atoms with van der Waals surface area (Å²) in [5.74, 6) is -0.532. The van der Waals surface area contributed by atoms with Crippen LogP contribution in [0.1, 0.15) is 67.2 Å². The second kappa shape index (κ2) is 9.93. The summed E-state index contributed by atoms with van der Waals surface area (Å²) in [7, 11) is 0. The van der Waals surface area contributed by atoms with Crippen LogP contribution >= 0.6 is 0 Å². The predicted octanol–water partition coefficient (Wildman–Crippen LogP) is 1.99. The SMILES string of the molecule is CCCN1C(=O)c2c(C(=O)NCc3ccccn3)ncn2C[C@@]1(C)C(=O)NCCC(C)C. The fraction of sp³-hybridized carbons (Fsp3) is 0.522. The molecule has 1 atom stereocenters. The highest BCUT2D eigenvalue weighted by Crippen LogP contribution is 2.29. The Morgan fingerprint density at radius 1 is 1.22 bits per heavy atom. The van der Waals surface area contributed by atoms with Gasteiger partial charge in [0.15, 0.2) is 5.69 Å². The molecule has 0 unspecified atom stereocenters. The lowest BCUT2D eigenvalue weighted by atomic mass is 9.93. The Bertz CT molecular complexity index is 971. The Kier molecular flexibility index (Phi) is 7.27. The second-order valence-electron chi connectivity index (χ2n) is 8.74. The van der Waals surface area contributed by atoms with Gasteiger partial charge in [0.25, 0.3) is 11.8 Å². The number of nitrogens with one attached hydrogen (secondary N) is 2. The Hall–Kier alpha value is -3.23. The summed E-state index contributed by atoms with van der Waals surface area (Å²) < 4.78 is 1.62. The Labute approximate surface area is 188 Å². The first-order valence-corrected chi connectivity index (χ1v) is 11.1. The highest BCUT2D eigenvalue weighted by Gasteiger charge is 2.48. The molecular formula is C23H32N6O3. The van der Waals surface area contributed by atoms with Crippen LogP contribution in [0.4, 0.5) is 0 Å². The third-order valence-electron chi connectivity index (χ3n) is 5.67. The minimum absolute atomic E-state index is 0.0642. The molecule has 0 saturated carbocycles. The quantitative estimate of drug-likeness (QED) is 0.620. The van der Waals surface area contributed by atoms with Crippen LogP contribution in [0.15, 0.2) is 30.7 Å². The molecule has 2 aromatic heterocycles. The Morgan fingerprint density at radius 3 is 2.66 bits per heavy atom. The maximum atomic E-state index is 13.5. The highest BCUT2D eigenvalue weighted by atomic mass is 16.2. The zero-order valence-corrected chi connectivity index (χ0v) is 19.2. The number of nitrogens with zero attached hydrogens (tertiary/aromatic N) is 4. The van der Waals surface area contributed by atoms with E-state index in [0.29, 0.717) is 31.1 Å². The fourth-order valence-corrected chi connectivity index (χ4v) is 3.85. The smallest absolute Gasteiger partial charge is 0.273 e. The molecule has 0 aromatic carbocycles. The third-order valence-corrected chi connectivity index (χ3v) is 5.67.